The third-order valence-corrected chi connectivity index (χ3v) is 1.76. The lowest BCUT2D eigenvalue weighted by Crippen LogP contribution is -2.31. The molecule has 1 rings (SSSR count). The van der Waals surface area contributed by atoms with Gasteiger partial charge in [0.25, 0.3) is 0 Å². The SMILES string of the molecule is CNc1cc(OC(C)C(F)(F)F)ccn1. The summed E-state index contributed by atoms with van der Waals surface area (Å²) in [5.41, 5.74) is 0. The van der Waals surface area contributed by atoms with E-state index < -0.39 is 12.3 Å². The molecule has 0 spiro atoms. The Morgan fingerprint density at radius 1 is 1.47 bits per heavy atom. The lowest BCUT2D eigenvalue weighted by molar-refractivity contribution is -0.189. The van der Waals surface area contributed by atoms with Crippen LogP contribution in [-0.2, 0) is 0 Å². The van der Waals surface area contributed by atoms with Crippen molar-refractivity contribution in [3.8, 4) is 5.75 Å². The largest absolute Gasteiger partial charge is 0.481 e. The summed E-state index contributed by atoms with van der Waals surface area (Å²) in [7, 11) is 1.62. The number of nitrogens with one attached hydrogen (secondary N) is 1. The van der Waals surface area contributed by atoms with Gasteiger partial charge in [0, 0.05) is 19.3 Å². The monoisotopic (exact) mass is 220 g/mol. The zero-order chi connectivity index (χ0) is 11.5. The molecule has 3 nitrogen and oxygen atoms in total. The lowest BCUT2D eigenvalue weighted by Gasteiger charge is -2.17. The smallest absolute Gasteiger partial charge is 0.425 e. The number of halogens is 3. The molecule has 1 N–H and O–H groups in total. The molecule has 1 aromatic heterocycles. The molecule has 1 heterocycles. The van der Waals surface area contributed by atoms with Crippen LogP contribution in [0.1, 0.15) is 6.92 Å². The maximum Gasteiger partial charge on any atom is 0.425 e. The van der Waals surface area contributed by atoms with Crippen molar-refractivity contribution < 1.29 is 17.9 Å². The van der Waals surface area contributed by atoms with Crippen LogP contribution in [0.25, 0.3) is 0 Å². The fourth-order valence-corrected chi connectivity index (χ4v) is 0.892. The molecule has 15 heavy (non-hydrogen) atoms. The Morgan fingerprint density at radius 3 is 2.67 bits per heavy atom. The number of ether oxygens (including phenoxy) is 1. The van der Waals surface area contributed by atoms with E-state index in [-0.39, 0.29) is 5.75 Å². The van der Waals surface area contributed by atoms with E-state index in [0.29, 0.717) is 5.82 Å². The molecule has 0 aromatic carbocycles. The highest BCUT2D eigenvalue weighted by molar-refractivity contribution is 5.39. The standard InChI is InChI=1S/C9H11F3N2O/c1-6(9(10,11)12)15-7-3-4-14-8(5-7)13-2/h3-6H,1-2H3,(H,13,14). The summed E-state index contributed by atoms with van der Waals surface area (Å²) in [5, 5.41) is 2.71. The van der Waals surface area contributed by atoms with Gasteiger partial charge in [0.15, 0.2) is 6.10 Å². The van der Waals surface area contributed by atoms with Crippen LogP contribution >= 0.6 is 0 Å². The van der Waals surface area contributed by atoms with Gasteiger partial charge < -0.3 is 10.1 Å². The number of anilines is 1. The molecule has 1 aromatic rings. The van der Waals surface area contributed by atoms with E-state index >= 15 is 0 Å². The molecule has 0 aliphatic rings. The van der Waals surface area contributed by atoms with Crippen LogP contribution in [0.5, 0.6) is 5.75 Å². The molecule has 0 aliphatic carbocycles. The molecule has 0 saturated heterocycles. The van der Waals surface area contributed by atoms with Crippen LogP contribution in [-0.4, -0.2) is 24.3 Å². The Hall–Kier alpha value is -1.46. The minimum absolute atomic E-state index is 0.138. The van der Waals surface area contributed by atoms with E-state index in [0.717, 1.165) is 6.92 Å². The summed E-state index contributed by atoms with van der Waals surface area (Å²) in [6.07, 6.45) is -4.81. The van der Waals surface area contributed by atoms with Crippen molar-refractivity contribution in [2.24, 2.45) is 0 Å². The first-order valence-electron chi connectivity index (χ1n) is 4.30. The fraction of sp³-hybridized carbons (Fsp3) is 0.444. The number of rotatable bonds is 3. The normalized spacial score (nSPS) is 13.4. The van der Waals surface area contributed by atoms with Gasteiger partial charge in [-0.05, 0) is 13.0 Å². The maximum atomic E-state index is 12.2. The van der Waals surface area contributed by atoms with E-state index in [1.165, 1.54) is 18.3 Å². The Kier molecular flexibility index (Phi) is 3.39. The van der Waals surface area contributed by atoms with Crippen molar-refractivity contribution in [3.05, 3.63) is 18.3 Å². The molecule has 1 atom stereocenters. The Bertz CT molecular complexity index is 327. The number of nitrogens with zero attached hydrogens (tertiary/aromatic N) is 1. The predicted octanol–water partition coefficient (Wildman–Crippen LogP) is 2.45. The quantitative estimate of drug-likeness (QED) is 0.849. The molecule has 6 heteroatoms. The first-order chi connectivity index (χ1) is 6.93. The van der Waals surface area contributed by atoms with Crippen molar-refractivity contribution >= 4 is 5.82 Å². The lowest BCUT2D eigenvalue weighted by atomic mass is 10.3. The second-order valence-corrected chi connectivity index (χ2v) is 2.93. The van der Waals surface area contributed by atoms with Gasteiger partial charge in [-0.15, -0.1) is 0 Å². The fourth-order valence-electron chi connectivity index (χ4n) is 0.892. The van der Waals surface area contributed by atoms with Gasteiger partial charge in [-0.3, -0.25) is 0 Å². The highest BCUT2D eigenvalue weighted by atomic mass is 19.4. The van der Waals surface area contributed by atoms with Crippen molar-refractivity contribution in [2.45, 2.75) is 19.2 Å². The number of hydrogen-bond acceptors (Lipinski definition) is 3. The Balaban J connectivity index is 2.72. The molecule has 0 saturated carbocycles. The van der Waals surface area contributed by atoms with Gasteiger partial charge in [0.1, 0.15) is 11.6 Å². The molecular formula is C9H11F3N2O. The molecule has 0 aliphatic heterocycles. The van der Waals surface area contributed by atoms with E-state index in [1.54, 1.807) is 7.05 Å². The first-order valence-corrected chi connectivity index (χ1v) is 4.30. The highest BCUT2D eigenvalue weighted by Gasteiger charge is 2.38. The van der Waals surface area contributed by atoms with E-state index in [4.69, 9.17) is 4.74 Å². The summed E-state index contributed by atoms with van der Waals surface area (Å²) in [5.74, 6) is 0.598. The van der Waals surface area contributed by atoms with Crippen LogP contribution in [0.15, 0.2) is 18.3 Å². The van der Waals surface area contributed by atoms with Gasteiger partial charge in [-0.2, -0.15) is 13.2 Å². The second-order valence-electron chi connectivity index (χ2n) is 2.93. The van der Waals surface area contributed by atoms with Crippen LogP contribution < -0.4 is 10.1 Å². The first kappa shape index (κ1) is 11.6. The van der Waals surface area contributed by atoms with Gasteiger partial charge >= 0.3 is 6.18 Å². The van der Waals surface area contributed by atoms with Crippen LogP contribution in [0, 0.1) is 0 Å². The van der Waals surface area contributed by atoms with Gasteiger partial charge in [-0.1, -0.05) is 0 Å². The van der Waals surface area contributed by atoms with Crippen molar-refractivity contribution in [2.75, 3.05) is 12.4 Å². The van der Waals surface area contributed by atoms with Crippen molar-refractivity contribution in [1.82, 2.24) is 4.98 Å². The second kappa shape index (κ2) is 4.37. The number of alkyl halides is 3. The van der Waals surface area contributed by atoms with E-state index in [9.17, 15) is 13.2 Å². The highest BCUT2D eigenvalue weighted by Crippen LogP contribution is 2.25. The molecule has 0 fully saturated rings. The number of aromatic nitrogens is 1. The Morgan fingerprint density at radius 2 is 2.13 bits per heavy atom. The van der Waals surface area contributed by atoms with Gasteiger partial charge in [0.05, 0.1) is 0 Å². The van der Waals surface area contributed by atoms with Crippen LogP contribution in [0.4, 0.5) is 19.0 Å². The molecular weight excluding hydrogens is 209 g/mol. The molecule has 84 valence electrons. The summed E-state index contributed by atoms with van der Waals surface area (Å²) in [6.45, 7) is 0.958. The minimum Gasteiger partial charge on any atom is -0.481 e. The number of pyridine rings is 1. The summed E-state index contributed by atoms with van der Waals surface area (Å²) in [6, 6.07) is 2.78. The average Bonchev–Trinajstić information content (AvgIpc) is 2.16. The molecule has 1 unspecified atom stereocenters. The van der Waals surface area contributed by atoms with Gasteiger partial charge in [-0.25, -0.2) is 4.98 Å². The zero-order valence-electron chi connectivity index (χ0n) is 8.30. The minimum atomic E-state index is -4.36. The third kappa shape index (κ3) is 3.30. The summed E-state index contributed by atoms with van der Waals surface area (Å²) in [4.78, 5) is 3.85. The maximum absolute atomic E-state index is 12.2. The summed E-state index contributed by atoms with van der Waals surface area (Å²) < 4.78 is 41.2. The Labute approximate surface area is 85.3 Å². The molecule has 0 radical (unpaired) electrons. The van der Waals surface area contributed by atoms with Crippen LogP contribution in [0.3, 0.4) is 0 Å². The predicted molar refractivity (Wildman–Crippen MR) is 49.9 cm³/mol. The topological polar surface area (TPSA) is 34.1 Å². The van der Waals surface area contributed by atoms with Crippen LogP contribution in [0.2, 0.25) is 0 Å². The van der Waals surface area contributed by atoms with Crippen molar-refractivity contribution in [1.29, 1.82) is 0 Å². The van der Waals surface area contributed by atoms with Crippen molar-refractivity contribution in [3.63, 3.8) is 0 Å². The average molecular weight is 220 g/mol. The van der Waals surface area contributed by atoms with E-state index in [1.807, 2.05) is 0 Å². The van der Waals surface area contributed by atoms with E-state index in [2.05, 4.69) is 10.3 Å². The molecule has 0 bridgehead atoms. The summed E-state index contributed by atoms with van der Waals surface area (Å²) >= 11 is 0. The molecule has 0 amide bonds. The number of hydrogen-bond donors (Lipinski definition) is 1. The van der Waals surface area contributed by atoms with Gasteiger partial charge in [0.2, 0.25) is 0 Å². The third-order valence-electron chi connectivity index (χ3n) is 1.76. The zero-order valence-corrected chi connectivity index (χ0v) is 8.30.